The second kappa shape index (κ2) is 6.47. The van der Waals surface area contributed by atoms with Gasteiger partial charge in [0.15, 0.2) is 11.5 Å². The minimum atomic E-state index is 0.187. The van der Waals surface area contributed by atoms with Gasteiger partial charge < -0.3 is 15.2 Å². The monoisotopic (exact) mass is 304 g/mol. The lowest BCUT2D eigenvalue weighted by atomic mass is 10.0. The van der Waals surface area contributed by atoms with Gasteiger partial charge >= 0.3 is 0 Å². The number of phenols is 1. The first-order valence-electron chi connectivity index (χ1n) is 7.14. The Bertz CT molecular complexity index is 580. The summed E-state index contributed by atoms with van der Waals surface area (Å²) in [7, 11) is 1.59. The van der Waals surface area contributed by atoms with Crippen molar-refractivity contribution >= 4 is 11.3 Å². The second-order valence-electron chi connectivity index (χ2n) is 5.14. The first-order valence-corrected chi connectivity index (χ1v) is 8.02. The molecule has 0 aliphatic carbocycles. The molecule has 3 rings (SSSR count). The first-order chi connectivity index (χ1) is 10.3. The molecule has 2 N–H and O–H groups in total. The summed E-state index contributed by atoms with van der Waals surface area (Å²) in [5, 5.41) is 15.3. The van der Waals surface area contributed by atoms with Gasteiger partial charge in [-0.05, 0) is 29.1 Å². The lowest BCUT2D eigenvalue weighted by Crippen LogP contribution is -2.45. The molecular formula is C16H20N2O2S. The number of piperazine rings is 1. The van der Waals surface area contributed by atoms with E-state index in [0.29, 0.717) is 5.75 Å². The van der Waals surface area contributed by atoms with Gasteiger partial charge in [-0.1, -0.05) is 12.1 Å². The van der Waals surface area contributed by atoms with E-state index in [-0.39, 0.29) is 11.8 Å². The summed E-state index contributed by atoms with van der Waals surface area (Å²) >= 11 is 1.77. The van der Waals surface area contributed by atoms with Crippen LogP contribution in [0.25, 0.3) is 0 Å². The molecule has 0 spiro atoms. The molecule has 1 aromatic carbocycles. The summed E-state index contributed by atoms with van der Waals surface area (Å²) in [6.07, 6.45) is 0. The number of methoxy groups -OCH3 is 1. The Hall–Kier alpha value is -1.56. The van der Waals surface area contributed by atoms with Crippen LogP contribution in [0.1, 0.15) is 16.5 Å². The van der Waals surface area contributed by atoms with Crippen molar-refractivity contribution in [3.8, 4) is 11.5 Å². The van der Waals surface area contributed by atoms with Crippen LogP contribution in [0.4, 0.5) is 0 Å². The van der Waals surface area contributed by atoms with Gasteiger partial charge in [-0.2, -0.15) is 0 Å². The number of hydrogen-bond donors (Lipinski definition) is 2. The molecule has 5 heteroatoms. The van der Waals surface area contributed by atoms with Crippen LogP contribution in [-0.4, -0.2) is 43.3 Å². The molecule has 2 aromatic rings. The van der Waals surface area contributed by atoms with E-state index in [9.17, 15) is 5.11 Å². The molecule has 0 bridgehead atoms. The zero-order valence-corrected chi connectivity index (χ0v) is 12.9. The Balaban J connectivity index is 1.98. The molecule has 4 nitrogen and oxygen atoms in total. The van der Waals surface area contributed by atoms with Gasteiger partial charge in [0, 0.05) is 31.1 Å². The maximum atomic E-state index is 9.81. The van der Waals surface area contributed by atoms with E-state index in [0.717, 1.165) is 31.7 Å². The van der Waals surface area contributed by atoms with Crippen molar-refractivity contribution in [2.75, 3.05) is 33.3 Å². The molecule has 1 aromatic heterocycles. The fourth-order valence-electron chi connectivity index (χ4n) is 2.81. The number of nitrogens with zero attached hydrogens (tertiary/aromatic N) is 1. The van der Waals surface area contributed by atoms with E-state index in [1.165, 1.54) is 4.88 Å². The molecular weight excluding hydrogens is 284 g/mol. The van der Waals surface area contributed by atoms with Crippen molar-refractivity contribution in [2.24, 2.45) is 0 Å². The number of ether oxygens (including phenoxy) is 1. The number of benzene rings is 1. The Morgan fingerprint density at radius 1 is 1.29 bits per heavy atom. The Kier molecular flexibility index (Phi) is 4.43. The highest BCUT2D eigenvalue weighted by atomic mass is 32.1. The molecule has 0 saturated carbocycles. The van der Waals surface area contributed by atoms with Crippen LogP contribution in [0.5, 0.6) is 11.5 Å². The number of phenolic OH excluding ortho intramolecular Hbond substituents is 1. The third-order valence-corrected chi connectivity index (χ3v) is 4.77. The van der Waals surface area contributed by atoms with Crippen molar-refractivity contribution in [3.05, 3.63) is 46.2 Å². The van der Waals surface area contributed by atoms with Gasteiger partial charge in [0.25, 0.3) is 0 Å². The Labute approximate surface area is 129 Å². The molecule has 0 radical (unpaired) electrons. The third kappa shape index (κ3) is 3.05. The van der Waals surface area contributed by atoms with E-state index < -0.39 is 0 Å². The van der Waals surface area contributed by atoms with E-state index in [1.807, 2.05) is 12.1 Å². The number of rotatable bonds is 4. The van der Waals surface area contributed by atoms with Crippen LogP contribution in [0.15, 0.2) is 35.7 Å². The van der Waals surface area contributed by atoms with Gasteiger partial charge in [0.2, 0.25) is 0 Å². The van der Waals surface area contributed by atoms with Crippen LogP contribution in [-0.2, 0) is 0 Å². The molecule has 1 aliphatic heterocycles. The third-order valence-electron chi connectivity index (χ3n) is 3.85. The second-order valence-corrected chi connectivity index (χ2v) is 6.11. The number of nitrogens with one attached hydrogen (secondary N) is 1. The largest absolute Gasteiger partial charge is 0.504 e. The zero-order chi connectivity index (χ0) is 14.7. The number of thiophene rings is 1. The van der Waals surface area contributed by atoms with Crippen LogP contribution in [0.2, 0.25) is 0 Å². The molecule has 2 heterocycles. The summed E-state index contributed by atoms with van der Waals surface area (Å²) < 4.78 is 5.26. The molecule has 1 atom stereocenters. The summed E-state index contributed by atoms with van der Waals surface area (Å²) in [5.74, 6) is 0.718. The minimum Gasteiger partial charge on any atom is -0.504 e. The summed E-state index contributed by atoms with van der Waals surface area (Å²) in [6.45, 7) is 4.06. The first kappa shape index (κ1) is 14.4. The topological polar surface area (TPSA) is 44.7 Å². The van der Waals surface area contributed by atoms with E-state index in [1.54, 1.807) is 24.5 Å². The van der Waals surface area contributed by atoms with Crippen molar-refractivity contribution in [2.45, 2.75) is 6.04 Å². The number of aromatic hydroxyl groups is 1. The minimum absolute atomic E-state index is 0.187. The Morgan fingerprint density at radius 3 is 2.76 bits per heavy atom. The fourth-order valence-corrected chi connectivity index (χ4v) is 3.69. The fraction of sp³-hybridized carbons (Fsp3) is 0.375. The van der Waals surface area contributed by atoms with E-state index in [2.05, 4.69) is 27.7 Å². The molecule has 1 saturated heterocycles. The normalized spacial score (nSPS) is 17.6. The van der Waals surface area contributed by atoms with Gasteiger partial charge in [0.05, 0.1) is 13.2 Å². The molecule has 1 fully saturated rings. The van der Waals surface area contributed by atoms with E-state index in [4.69, 9.17) is 4.74 Å². The predicted octanol–water partition coefficient (Wildman–Crippen LogP) is 2.46. The lowest BCUT2D eigenvalue weighted by molar-refractivity contribution is 0.200. The summed E-state index contributed by atoms with van der Waals surface area (Å²) in [6, 6.07) is 10.1. The maximum absolute atomic E-state index is 9.81. The van der Waals surface area contributed by atoms with Gasteiger partial charge in [-0.25, -0.2) is 0 Å². The highest BCUT2D eigenvalue weighted by molar-refractivity contribution is 7.10. The van der Waals surface area contributed by atoms with Crippen molar-refractivity contribution < 1.29 is 9.84 Å². The molecule has 1 aliphatic rings. The summed E-state index contributed by atoms with van der Waals surface area (Å²) in [5.41, 5.74) is 1.16. The molecule has 0 unspecified atom stereocenters. The molecule has 0 amide bonds. The zero-order valence-electron chi connectivity index (χ0n) is 12.1. The molecule has 112 valence electrons. The van der Waals surface area contributed by atoms with E-state index >= 15 is 0 Å². The van der Waals surface area contributed by atoms with Crippen LogP contribution in [0, 0.1) is 0 Å². The Morgan fingerprint density at radius 2 is 2.10 bits per heavy atom. The highest BCUT2D eigenvalue weighted by Gasteiger charge is 2.25. The average Bonchev–Trinajstić information content (AvgIpc) is 3.04. The van der Waals surface area contributed by atoms with Crippen LogP contribution < -0.4 is 10.1 Å². The maximum Gasteiger partial charge on any atom is 0.160 e. The highest BCUT2D eigenvalue weighted by Crippen LogP contribution is 2.36. The van der Waals surface area contributed by atoms with Gasteiger partial charge in [-0.15, -0.1) is 11.3 Å². The van der Waals surface area contributed by atoms with Crippen molar-refractivity contribution in [3.63, 3.8) is 0 Å². The number of hydrogen-bond acceptors (Lipinski definition) is 5. The van der Waals surface area contributed by atoms with Gasteiger partial charge in [0.1, 0.15) is 0 Å². The molecule has 21 heavy (non-hydrogen) atoms. The van der Waals surface area contributed by atoms with Gasteiger partial charge in [-0.3, -0.25) is 4.90 Å². The SMILES string of the molecule is COc1cc([C@@H](c2cccs2)N2CCNCC2)ccc1O. The van der Waals surface area contributed by atoms with Crippen LogP contribution in [0.3, 0.4) is 0 Å². The van der Waals surface area contributed by atoms with Crippen LogP contribution >= 0.6 is 11.3 Å². The average molecular weight is 304 g/mol. The predicted molar refractivity (Wildman–Crippen MR) is 85.3 cm³/mol. The van der Waals surface area contributed by atoms with Crippen molar-refractivity contribution in [1.29, 1.82) is 0 Å². The quantitative estimate of drug-likeness (QED) is 0.911. The smallest absolute Gasteiger partial charge is 0.160 e. The van der Waals surface area contributed by atoms with Crippen molar-refractivity contribution in [1.82, 2.24) is 10.2 Å². The standard InChI is InChI=1S/C16H20N2O2S/c1-20-14-11-12(4-5-13(14)19)16(15-3-2-10-21-15)18-8-6-17-7-9-18/h2-5,10-11,16-17,19H,6-9H2,1H3/t16-/m0/s1. The lowest BCUT2D eigenvalue weighted by Gasteiger charge is -2.35. The summed E-state index contributed by atoms with van der Waals surface area (Å²) in [4.78, 5) is 3.80.